The molecule has 11 nitrogen and oxygen atoms in total. The van der Waals surface area contributed by atoms with E-state index in [4.69, 9.17) is 14.8 Å². The van der Waals surface area contributed by atoms with Crippen molar-refractivity contribution in [3.05, 3.63) is 29.8 Å². The smallest absolute Gasteiger partial charge is 0.197 e. The van der Waals surface area contributed by atoms with Crippen LogP contribution in [0.25, 0.3) is 27.6 Å². The molecule has 0 aromatic carbocycles. The molecule has 1 aliphatic heterocycles. The number of piperazine rings is 1. The Bertz CT molecular complexity index is 1560. The van der Waals surface area contributed by atoms with Gasteiger partial charge in [-0.3, -0.25) is 10.00 Å². The molecule has 1 fully saturated rings. The standard InChI is InChI=1S/C25H34N8O3S2/c1-15(2)20-21(18-11-19(36-5)23-26-14-27-33(23)13-18)29-30-22(20)24-28-17(4)25(37-24)32-8-7-31(12-16(32)3)9-10-38(6,34)35/h11,13-16H,7-10,12H2,1-6H3,(H,29,30)/t16-/m1/s1. The number of anilines is 1. The molecular formula is C25H34N8O3S2. The van der Waals surface area contributed by atoms with Crippen molar-refractivity contribution in [1.82, 2.24) is 34.7 Å². The van der Waals surface area contributed by atoms with E-state index >= 15 is 0 Å². The number of pyridine rings is 1. The fraction of sp³-hybridized carbons (Fsp3) is 0.520. The fourth-order valence-electron chi connectivity index (χ4n) is 5.07. The number of hydrogen-bond donors (Lipinski definition) is 1. The van der Waals surface area contributed by atoms with Gasteiger partial charge in [0, 0.05) is 55.8 Å². The first kappa shape index (κ1) is 26.6. The Morgan fingerprint density at radius 2 is 2.08 bits per heavy atom. The molecule has 4 aromatic rings. The van der Waals surface area contributed by atoms with Crippen molar-refractivity contribution < 1.29 is 13.2 Å². The second-order valence-corrected chi connectivity index (χ2v) is 13.5. The minimum atomic E-state index is -2.97. The van der Waals surface area contributed by atoms with Crippen LogP contribution in [0.1, 0.15) is 37.9 Å². The number of aromatic nitrogens is 6. The highest BCUT2D eigenvalue weighted by Crippen LogP contribution is 2.41. The number of aryl methyl sites for hydroxylation is 1. The molecule has 0 spiro atoms. The molecule has 5 heterocycles. The van der Waals surface area contributed by atoms with E-state index < -0.39 is 9.84 Å². The van der Waals surface area contributed by atoms with Crippen LogP contribution in [0.2, 0.25) is 0 Å². The zero-order chi connectivity index (χ0) is 27.2. The van der Waals surface area contributed by atoms with Gasteiger partial charge < -0.3 is 9.64 Å². The second-order valence-electron chi connectivity index (χ2n) is 10.2. The third-order valence-corrected chi connectivity index (χ3v) is 9.08. The lowest BCUT2D eigenvalue weighted by Gasteiger charge is -2.40. The van der Waals surface area contributed by atoms with E-state index in [0.717, 1.165) is 57.9 Å². The molecule has 0 saturated carbocycles. The first-order chi connectivity index (χ1) is 18.1. The largest absolute Gasteiger partial charge is 0.493 e. The normalized spacial score (nSPS) is 17.1. The molecular weight excluding hydrogens is 524 g/mol. The van der Waals surface area contributed by atoms with Crippen LogP contribution in [-0.4, -0.2) is 94.4 Å². The maximum Gasteiger partial charge on any atom is 0.197 e. The van der Waals surface area contributed by atoms with Crippen molar-refractivity contribution in [2.45, 2.75) is 39.7 Å². The number of rotatable bonds is 8. The molecule has 4 aromatic heterocycles. The minimum Gasteiger partial charge on any atom is -0.493 e. The number of fused-ring (bicyclic) bond motifs is 1. The Hall–Kier alpha value is -3.03. The van der Waals surface area contributed by atoms with Crippen molar-refractivity contribution in [3.8, 4) is 27.7 Å². The maximum absolute atomic E-state index is 11.6. The number of aromatic amines is 1. The highest BCUT2D eigenvalue weighted by atomic mass is 32.2. The number of H-pyrrole nitrogens is 1. The number of thiazole rings is 1. The van der Waals surface area contributed by atoms with E-state index in [0.29, 0.717) is 17.9 Å². The first-order valence-corrected chi connectivity index (χ1v) is 15.5. The second kappa shape index (κ2) is 10.3. The van der Waals surface area contributed by atoms with Crippen molar-refractivity contribution in [1.29, 1.82) is 0 Å². The van der Waals surface area contributed by atoms with Crippen LogP contribution in [-0.2, 0) is 9.84 Å². The van der Waals surface area contributed by atoms with E-state index in [1.165, 1.54) is 12.6 Å². The summed E-state index contributed by atoms with van der Waals surface area (Å²) >= 11 is 1.66. The fourth-order valence-corrected chi connectivity index (χ4v) is 6.86. The summed E-state index contributed by atoms with van der Waals surface area (Å²) in [5.41, 5.74) is 5.40. The number of hydrogen-bond acceptors (Lipinski definition) is 10. The Morgan fingerprint density at radius 1 is 1.29 bits per heavy atom. The molecule has 38 heavy (non-hydrogen) atoms. The Balaban J connectivity index is 1.44. The molecule has 1 aliphatic rings. The monoisotopic (exact) mass is 558 g/mol. The Labute approximate surface area is 226 Å². The van der Waals surface area contributed by atoms with Crippen LogP contribution in [0.4, 0.5) is 5.00 Å². The third-order valence-electron chi connectivity index (χ3n) is 6.96. The predicted molar refractivity (Wildman–Crippen MR) is 150 cm³/mol. The van der Waals surface area contributed by atoms with Gasteiger partial charge in [0.2, 0.25) is 0 Å². The molecule has 0 amide bonds. The highest BCUT2D eigenvalue weighted by Gasteiger charge is 2.29. The molecule has 204 valence electrons. The van der Waals surface area contributed by atoms with Crippen molar-refractivity contribution in [2.75, 3.05) is 50.2 Å². The van der Waals surface area contributed by atoms with Gasteiger partial charge in [-0.05, 0) is 25.8 Å². The summed E-state index contributed by atoms with van der Waals surface area (Å²) in [7, 11) is -1.34. The SMILES string of the molecule is COc1cc(-c2[nH]nc(-c3nc(C)c(N4CCN(CCS(C)(=O)=O)C[C@H]4C)s3)c2C(C)C)cn2ncnc12. The summed E-state index contributed by atoms with van der Waals surface area (Å²) in [6.45, 7) is 11.6. The van der Waals surface area contributed by atoms with E-state index in [1.54, 1.807) is 23.0 Å². The number of ether oxygens (including phenoxy) is 1. The van der Waals surface area contributed by atoms with Crippen LogP contribution < -0.4 is 9.64 Å². The number of nitrogens with zero attached hydrogens (tertiary/aromatic N) is 7. The van der Waals surface area contributed by atoms with Crippen LogP contribution in [0, 0.1) is 6.92 Å². The molecule has 0 aliphatic carbocycles. The summed E-state index contributed by atoms with van der Waals surface area (Å²) in [5.74, 6) is 1.03. The summed E-state index contributed by atoms with van der Waals surface area (Å²) in [5, 5.41) is 14.3. The summed E-state index contributed by atoms with van der Waals surface area (Å²) < 4.78 is 30.5. The van der Waals surface area contributed by atoms with Gasteiger partial charge in [-0.15, -0.1) is 0 Å². The lowest BCUT2D eigenvalue weighted by molar-refractivity contribution is 0.241. The van der Waals surface area contributed by atoms with Gasteiger partial charge in [0.15, 0.2) is 11.4 Å². The van der Waals surface area contributed by atoms with Crippen LogP contribution >= 0.6 is 11.3 Å². The van der Waals surface area contributed by atoms with E-state index in [-0.39, 0.29) is 17.7 Å². The van der Waals surface area contributed by atoms with Crippen LogP contribution in [0.5, 0.6) is 5.75 Å². The summed E-state index contributed by atoms with van der Waals surface area (Å²) in [6.07, 6.45) is 4.73. The lowest BCUT2D eigenvalue weighted by atomic mass is 9.97. The van der Waals surface area contributed by atoms with Crippen LogP contribution in [0.15, 0.2) is 18.6 Å². The predicted octanol–water partition coefficient (Wildman–Crippen LogP) is 3.24. The average molecular weight is 559 g/mol. The zero-order valence-electron chi connectivity index (χ0n) is 22.6. The van der Waals surface area contributed by atoms with Crippen molar-refractivity contribution >= 4 is 31.8 Å². The minimum absolute atomic E-state index is 0.193. The van der Waals surface area contributed by atoms with Gasteiger partial charge in [0.25, 0.3) is 0 Å². The van der Waals surface area contributed by atoms with E-state index in [1.807, 2.05) is 19.2 Å². The number of sulfone groups is 1. The zero-order valence-corrected chi connectivity index (χ0v) is 24.2. The van der Waals surface area contributed by atoms with E-state index in [9.17, 15) is 8.42 Å². The molecule has 0 radical (unpaired) electrons. The molecule has 1 atom stereocenters. The first-order valence-electron chi connectivity index (χ1n) is 12.7. The van der Waals surface area contributed by atoms with Gasteiger partial charge in [-0.25, -0.2) is 22.9 Å². The molecule has 5 rings (SSSR count). The van der Waals surface area contributed by atoms with Gasteiger partial charge in [0.05, 0.1) is 24.3 Å². The molecule has 0 unspecified atom stereocenters. The van der Waals surface area contributed by atoms with Crippen molar-refractivity contribution in [2.24, 2.45) is 0 Å². The van der Waals surface area contributed by atoms with Gasteiger partial charge >= 0.3 is 0 Å². The van der Waals surface area contributed by atoms with Crippen LogP contribution in [0.3, 0.4) is 0 Å². The number of methoxy groups -OCH3 is 1. The van der Waals surface area contributed by atoms with Gasteiger partial charge in [-0.1, -0.05) is 25.2 Å². The highest BCUT2D eigenvalue weighted by molar-refractivity contribution is 7.90. The topological polar surface area (TPSA) is 122 Å². The summed E-state index contributed by atoms with van der Waals surface area (Å²) in [4.78, 5) is 13.9. The number of nitrogens with one attached hydrogen (secondary N) is 1. The quantitative estimate of drug-likeness (QED) is 0.347. The third kappa shape index (κ3) is 5.14. The lowest BCUT2D eigenvalue weighted by Crippen LogP contribution is -2.52. The van der Waals surface area contributed by atoms with Crippen molar-refractivity contribution in [3.63, 3.8) is 0 Å². The van der Waals surface area contributed by atoms with Gasteiger partial charge in [0.1, 0.15) is 31.9 Å². The molecule has 0 bridgehead atoms. The molecule has 13 heteroatoms. The maximum atomic E-state index is 11.6. The van der Waals surface area contributed by atoms with E-state index in [2.05, 4.69) is 45.8 Å². The molecule has 1 N–H and O–H groups in total. The average Bonchev–Trinajstić information content (AvgIpc) is 3.59. The van der Waals surface area contributed by atoms with Gasteiger partial charge in [-0.2, -0.15) is 10.2 Å². The Morgan fingerprint density at radius 3 is 2.76 bits per heavy atom. The summed E-state index contributed by atoms with van der Waals surface area (Å²) in [6, 6.07) is 2.20. The Kier molecular flexibility index (Phi) is 7.18. The molecule has 1 saturated heterocycles.